The molecule has 0 aliphatic carbocycles. The molecule has 5 nitrogen and oxygen atoms in total. The number of nitrogens with one attached hydrogen (secondary N) is 1. The van der Waals surface area contributed by atoms with E-state index in [1.165, 1.54) is 44.1 Å². The van der Waals surface area contributed by atoms with Gasteiger partial charge >= 0.3 is 5.97 Å². The van der Waals surface area contributed by atoms with Crippen LogP contribution in [0.4, 0.5) is 0 Å². The van der Waals surface area contributed by atoms with Crippen LogP contribution >= 0.6 is 11.3 Å². The number of likely N-dealkylation sites (N-methyl/N-ethyl adjacent to an activating group) is 1. The van der Waals surface area contributed by atoms with E-state index in [4.69, 9.17) is 5.11 Å². The van der Waals surface area contributed by atoms with Crippen molar-refractivity contribution in [2.45, 2.75) is 70.3 Å². The Morgan fingerprint density at radius 2 is 1.77 bits per heavy atom. The van der Waals surface area contributed by atoms with Gasteiger partial charge in [0.25, 0.3) is 0 Å². The molecule has 1 atom stereocenters. The first-order valence-corrected chi connectivity index (χ1v) is 10.6. The van der Waals surface area contributed by atoms with E-state index in [-0.39, 0.29) is 18.4 Å². The lowest BCUT2D eigenvalue weighted by atomic mass is 10.1. The quantitative estimate of drug-likeness (QED) is 0.451. The average Bonchev–Trinajstić information content (AvgIpc) is 3.05. The third-order valence-electron chi connectivity index (χ3n) is 4.32. The smallest absolute Gasteiger partial charge is 0.305 e. The fraction of sp³-hybridized carbons (Fsp3) is 0.700. The molecule has 0 aromatic carbocycles. The number of unbranched alkanes of at least 4 members (excludes halogenated alkanes) is 6. The first-order valence-electron chi connectivity index (χ1n) is 9.64. The number of carbonyl (C=O) groups excluding carboxylic acids is 1. The minimum absolute atomic E-state index is 0.0324. The van der Waals surface area contributed by atoms with Gasteiger partial charge in [-0.05, 0) is 55.7 Å². The van der Waals surface area contributed by atoms with E-state index < -0.39 is 5.97 Å². The minimum Gasteiger partial charge on any atom is -0.481 e. The van der Waals surface area contributed by atoms with Crippen LogP contribution in [0, 0.1) is 0 Å². The normalized spacial score (nSPS) is 12.3. The lowest BCUT2D eigenvalue weighted by Gasteiger charge is -2.20. The summed E-state index contributed by atoms with van der Waals surface area (Å²) >= 11 is 1.76. The molecule has 1 unspecified atom stereocenters. The van der Waals surface area contributed by atoms with Crippen molar-refractivity contribution in [1.82, 2.24) is 10.2 Å². The number of nitrogens with zero attached hydrogens (tertiary/aromatic N) is 1. The zero-order valence-electron chi connectivity index (χ0n) is 16.2. The van der Waals surface area contributed by atoms with Gasteiger partial charge in [0.1, 0.15) is 0 Å². The van der Waals surface area contributed by atoms with E-state index in [2.05, 4.69) is 22.1 Å². The summed E-state index contributed by atoms with van der Waals surface area (Å²) < 4.78 is 0. The van der Waals surface area contributed by atoms with Crippen molar-refractivity contribution in [3.8, 4) is 0 Å². The Kier molecular flexibility index (Phi) is 12.0. The summed E-state index contributed by atoms with van der Waals surface area (Å²) in [6, 6.07) is 1.88. The molecule has 26 heavy (non-hydrogen) atoms. The summed E-state index contributed by atoms with van der Waals surface area (Å²) in [5.74, 6) is -0.912. The molecule has 1 aromatic rings. The second-order valence-corrected chi connectivity index (χ2v) is 8.01. The molecule has 1 heterocycles. The van der Waals surface area contributed by atoms with Crippen LogP contribution in [0.15, 0.2) is 16.8 Å². The van der Waals surface area contributed by atoms with Gasteiger partial charge in [0.05, 0.1) is 12.5 Å². The van der Waals surface area contributed by atoms with Crippen molar-refractivity contribution in [3.05, 3.63) is 22.4 Å². The summed E-state index contributed by atoms with van der Waals surface area (Å²) in [5, 5.41) is 16.1. The van der Waals surface area contributed by atoms with Crippen molar-refractivity contribution in [2.75, 3.05) is 20.6 Å². The number of aliphatic carboxylic acids is 1. The maximum Gasteiger partial charge on any atom is 0.305 e. The van der Waals surface area contributed by atoms with E-state index in [0.717, 1.165) is 12.8 Å². The van der Waals surface area contributed by atoms with E-state index in [1.54, 1.807) is 11.3 Å². The van der Waals surface area contributed by atoms with E-state index in [9.17, 15) is 9.59 Å². The molecule has 1 rings (SSSR count). The van der Waals surface area contributed by atoms with Crippen molar-refractivity contribution >= 4 is 23.2 Å². The lowest BCUT2D eigenvalue weighted by molar-refractivity contribution is -0.137. The summed E-state index contributed by atoms with van der Waals surface area (Å²) in [7, 11) is 3.75. The van der Waals surface area contributed by atoms with Gasteiger partial charge in [-0.1, -0.05) is 32.1 Å². The van der Waals surface area contributed by atoms with Crippen LogP contribution < -0.4 is 5.32 Å². The van der Waals surface area contributed by atoms with Gasteiger partial charge in [0.2, 0.25) is 5.91 Å². The zero-order valence-corrected chi connectivity index (χ0v) is 17.0. The van der Waals surface area contributed by atoms with E-state index >= 15 is 0 Å². The van der Waals surface area contributed by atoms with Gasteiger partial charge in [0.15, 0.2) is 0 Å². The molecule has 0 fully saturated rings. The molecule has 0 radical (unpaired) electrons. The van der Waals surface area contributed by atoms with Crippen LogP contribution in [0.25, 0.3) is 0 Å². The van der Waals surface area contributed by atoms with Crippen molar-refractivity contribution < 1.29 is 14.7 Å². The lowest BCUT2D eigenvalue weighted by Crippen LogP contribution is -2.42. The molecule has 0 saturated carbocycles. The monoisotopic (exact) mass is 382 g/mol. The molecule has 2 N–H and O–H groups in total. The fourth-order valence-corrected chi connectivity index (χ4v) is 3.75. The molecule has 1 aromatic heterocycles. The van der Waals surface area contributed by atoms with Crippen LogP contribution in [-0.2, 0) is 16.0 Å². The SMILES string of the molecule is CN(C)CC(CC(=O)O)NC(=O)CCCCCCCCCc1ccsc1. The third kappa shape index (κ3) is 12.0. The number of aryl methyl sites for hydroxylation is 1. The second-order valence-electron chi connectivity index (χ2n) is 7.23. The predicted molar refractivity (Wildman–Crippen MR) is 108 cm³/mol. The Morgan fingerprint density at radius 3 is 2.35 bits per heavy atom. The molecule has 6 heteroatoms. The minimum atomic E-state index is -0.879. The first-order chi connectivity index (χ1) is 12.5. The Morgan fingerprint density at radius 1 is 1.12 bits per heavy atom. The fourth-order valence-electron chi connectivity index (χ4n) is 3.05. The molecule has 1 amide bonds. The Balaban J connectivity index is 2.00. The largest absolute Gasteiger partial charge is 0.481 e. The molecule has 148 valence electrons. The third-order valence-corrected chi connectivity index (χ3v) is 5.05. The highest BCUT2D eigenvalue weighted by atomic mass is 32.1. The van der Waals surface area contributed by atoms with Gasteiger partial charge in [-0.15, -0.1) is 0 Å². The van der Waals surface area contributed by atoms with Crippen LogP contribution in [0.5, 0.6) is 0 Å². The number of amides is 1. The number of hydrogen-bond donors (Lipinski definition) is 2. The van der Waals surface area contributed by atoms with E-state index in [1.807, 2.05) is 19.0 Å². The first kappa shape index (κ1) is 22.6. The average molecular weight is 383 g/mol. The number of carboxylic acid groups (broad SMARTS) is 1. The number of carboxylic acids is 1. The summed E-state index contributed by atoms with van der Waals surface area (Å²) in [6.45, 7) is 0.545. The Hall–Kier alpha value is -1.40. The number of rotatable bonds is 15. The summed E-state index contributed by atoms with van der Waals surface area (Å²) in [4.78, 5) is 24.8. The standard InChI is InChI=1S/C20H34N2O3S/c1-22(2)15-18(14-20(24)25)21-19(23)11-9-7-5-3-4-6-8-10-17-12-13-26-16-17/h12-13,16,18H,3-11,14-15H2,1-2H3,(H,21,23)(H,24,25). The maximum atomic E-state index is 12.0. The van der Waals surface area contributed by atoms with Crippen molar-refractivity contribution in [1.29, 1.82) is 0 Å². The number of carbonyl (C=O) groups is 2. The molecule has 0 saturated heterocycles. The maximum absolute atomic E-state index is 12.0. The number of hydrogen-bond acceptors (Lipinski definition) is 4. The predicted octanol–water partition coefficient (Wildman–Crippen LogP) is 3.93. The Bertz CT molecular complexity index is 503. The molecule has 0 bridgehead atoms. The highest BCUT2D eigenvalue weighted by molar-refractivity contribution is 7.07. The van der Waals surface area contributed by atoms with Crippen molar-refractivity contribution in [3.63, 3.8) is 0 Å². The molecule has 0 aliphatic rings. The zero-order chi connectivity index (χ0) is 19.2. The van der Waals surface area contributed by atoms with Crippen LogP contribution in [0.2, 0.25) is 0 Å². The Labute approximate surface area is 161 Å². The molecule has 0 aliphatic heterocycles. The molecular formula is C20H34N2O3S. The van der Waals surface area contributed by atoms with Crippen LogP contribution in [0.3, 0.4) is 0 Å². The van der Waals surface area contributed by atoms with Gasteiger partial charge < -0.3 is 15.3 Å². The highest BCUT2D eigenvalue weighted by Gasteiger charge is 2.16. The van der Waals surface area contributed by atoms with Gasteiger partial charge in [-0.25, -0.2) is 0 Å². The van der Waals surface area contributed by atoms with E-state index in [0.29, 0.717) is 13.0 Å². The highest BCUT2D eigenvalue weighted by Crippen LogP contribution is 2.13. The van der Waals surface area contributed by atoms with Gasteiger partial charge in [-0.3, -0.25) is 9.59 Å². The van der Waals surface area contributed by atoms with Crippen molar-refractivity contribution in [2.24, 2.45) is 0 Å². The topological polar surface area (TPSA) is 69.6 Å². The van der Waals surface area contributed by atoms with Crippen LogP contribution in [0.1, 0.15) is 63.4 Å². The summed E-state index contributed by atoms with van der Waals surface area (Å²) in [6.07, 6.45) is 9.78. The summed E-state index contributed by atoms with van der Waals surface area (Å²) in [5.41, 5.74) is 1.46. The molecule has 0 spiro atoms. The van der Waals surface area contributed by atoms with Gasteiger partial charge in [-0.2, -0.15) is 11.3 Å². The molecular weight excluding hydrogens is 348 g/mol. The number of thiophene rings is 1. The van der Waals surface area contributed by atoms with Crippen LogP contribution in [-0.4, -0.2) is 48.6 Å². The second kappa shape index (κ2) is 13.8. The van der Waals surface area contributed by atoms with Gasteiger partial charge in [0, 0.05) is 13.0 Å².